The van der Waals surface area contributed by atoms with Gasteiger partial charge in [-0.1, -0.05) is 36.4 Å². The van der Waals surface area contributed by atoms with Crippen LogP contribution in [-0.4, -0.2) is 50.2 Å². The van der Waals surface area contributed by atoms with E-state index in [1.807, 2.05) is 0 Å². The smallest absolute Gasteiger partial charge is 0.105 e. The van der Waals surface area contributed by atoms with E-state index >= 15 is 0 Å². The number of quaternary nitrogens is 2. The van der Waals surface area contributed by atoms with Crippen molar-refractivity contribution in [3.63, 3.8) is 0 Å². The van der Waals surface area contributed by atoms with Crippen LogP contribution in [0.25, 0.3) is 151 Å². The lowest BCUT2D eigenvalue weighted by Crippen LogP contribution is -2.36. The molecule has 15 aromatic carbocycles. The highest BCUT2D eigenvalue weighted by Crippen LogP contribution is 2.71. The normalized spacial score (nSPS) is 22.8. The first kappa shape index (κ1) is 22.6. The second-order valence-corrected chi connectivity index (χ2v) is 19.3. The van der Waals surface area contributed by atoms with E-state index in [0.29, 0.717) is 11.8 Å². The Bertz CT molecular complexity index is 4040. The zero-order chi connectivity index (χ0) is 31.7. The van der Waals surface area contributed by atoms with Crippen molar-refractivity contribution in [2.45, 2.75) is 24.9 Å². The minimum atomic E-state index is 0.564. The Morgan fingerprint density at radius 2 is 0.660 bits per heavy atom. The Morgan fingerprint density at radius 3 is 1.26 bits per heavy atom. The van der Waals surface area contributed by atoms with Crippen molar-refractivity contribution in [1.29, 1.82) is 0 Å². The molecule has 0 bridgehead atoms. The number of benzene rings is 9. The Morgan fingerprint density at radius 1 is 0.320 bits per heavy atom. The van der Waals surface area contributed by atoms with Crippen LogP contribution in [0.3, 0.4) is 0 Å². The molecule has 1 saturated heterocycles. The molecule has 2 aliphatic heterocycles. The molecule has 0 N–H and O–H groups in total. The Labute approximate surface area is 283 Å². The monoisotopic (exact) mass is 632 g/mol. The van der Waals surface area contributed by atoms with Crippen molar-refractivity contribution in [1.82, 2.24) is 0 Å². The van der Waals surface area contributed by atoms with E-state index in [4.69, 9.17) is 0 Å². The summed E-state index contributed by atoms with van der Waals surface area (Å²) in [4.78, 5) is 0. The van der Waals surface area contributed by atoms with Gasteiger partial charge in [0.05, 0.1) is 41.3 Å². The largest absolute Gasteiger partial charge is 0.327 e. The third kappa shape index (κ3) is 1.65. The molecule has 0 aromatic heterocycles. The fraction of sp³-hybridized carbons (Fsp3) is 0.208. The zero-order valence-electron chi connectivity index (χ0n) is 28.3. The second-order valence-electron chi connectivity index (χ2n) is 19.3. The van der Waals surface area contributed by atoms with Gasteiger partial charge in [0, 0.05) is 28.3 Å². The van der Waals surface area contributed by atoms with Crippen molar-refractivity contribution >= 4 is 151 Å². The van der Waals surface area contributed by atoms with E-state index in [1.54, 1.807) is 152 Å². The second kappa shape index (κ2) is 5.74. The summed E-state index contributed by atoms with van der Waals surface area (Å²) in [6.07, 6.45) is 0. The van der Waals surface area contributed by atoms with Crippen LogP contribution in [-0.2, 0) is 13.1 Å². The van der Waals surface area contributed by atoms with Crippen LogP contribution in [0.5, 0.6) is 0 Å². The van der Waals surface area contributed by atoms with Gasteiger partial charge in [0.2, 0.25) is 0 Å². The summed E-state index contributed by atoms with van der Waals surface area (Å²) in [5.74, 6) is 1.13. The van der Waals surface area contributed by atoms with Crippen LogP contribution in [0.2, 0.25) is 0 Å². The number of fused-ring (bicyclic) bond motifs is 11. The van der Waals surface area contributed by atoms with Crippen molar-refractivity contribution in [3.8, 4) is 0 Å². The first-order valence-electron chi connectivity index (χ1n) is 19.0. The highest BCUT2D eigenvalue weighted by Gasteiger charge is 2.51. The third-order valence-corrected chi connectivity index (χ3v) is 16.3. The molecule has 228 valence electrons. The SMILES string of the molecule is C[N+]1(C)Cc2c(c3c4ccc5c6ccc7c8ccc9c%10c%11c%12c(c2c2c3c3c4c5c4c6c7c5c8c9c%11c6c(c%122)c3c4c56)C2C[N+](C)(C)CC%102)C1. The standard InChI is InChI=1S/C48H28N2/c1-49(2)11-21-23(13-49)33-34-24-14-50(3,4)12-22(24)26-20-10-8-18-16-6-5-15-17-7-9-19-25(21)35-39-31(19)29(17)37-27(15)28(16)38-30(18)32(20)40-36(26)42(34)45(41(33)35)48-46(39)43(37)44(38)47(40)48/h5-10,21,23H,11-14H2,1-4H3/q+2. The average Bonchev–Trinajstić information content (AvgIpc) is 3.93. The molecule has 1 aliphatic carbocycles. The molecule has 50 heavy (non-hydrogen) atoms. The molecule has 15 aromatic rings. The lowest BCUT2D eigenvalue weighted by Gasteiger charge is -2.24. The third-order valence-electron chi connectivity index (χ3n) is 16.3. The minimum Gasteiger partial charge on any atom is -0.327 e. The van der Waals surface area contributed by atoms with E-state index < -0.39 is 0 Å². The van der Waals surface area contributed by atoms with Gasteiger partial charge in [-0.3, -0.25) is 0 Å². The van der Waals surface area contributed by atoms with E-state index in [9.17, 15) is 0 Å². The topological polar surface area (TPSA) is 0 Å². The first-order valence-corrected chi connectivity index (χ1v) is 19.0. The first-order chi connectivity index (χ1) is 24.3. The summed E-state index contributed by atoms with van der Waals surface area (Å²) in [5, 5.41) is 44.8. The van der Waals surface area contributed by atoms with Crippen LogP contribution >= 0.6 is 0 Å². The molecule has 2 heteroatoms. The van der Waals surface area contributed by atoms with Gasteiger partial charge in [-0.05, 0) is 157 Å². The summed E-state index contributed by atoms with van der Waals surface area (Å²) < 4.78 is 2.16. The van der Waals surface area contributed by atoms with Gasteiger partial charge in [-0.2, -0.15) is 0 Å². The number of hydrogen-bond donors (Lipinski definition) is 0. The van der Waals surface area contributed by atoms with Gasteiger partial charge in [-0.25, -0.2) is 0 Å². The van der Waals surface area contributed by atoms with E-state index in [1.165, 1.54) is 34.6 Å². The van der Waals surface area contributed by atoms with Crippen LogP contribution in [0.15, 0.2) is 36.4 Å². The number of hydrogen-bond acceptors (Lipinski definition) is 0. The summed E-state index contributed by atoms with van der Waals surface area (Å²) in [7, 11) is 10.0. The quantitative estimate of drug-likeness (QED) is 0.115. The molecule has 2 atom stereocenters. The summed E-state index contributed by atoms with van der Waals surface area (Å²) in [5.41, 5.74) is 6.87. The van der Waals surface area contributed by atoms with E-state index in [-0.39, 0.29) is 0 Å². The van der Waals surface area contributed by atoms with Crippen LogP contribution in [0, 0.1) is 0 Å². The van der Waals surface area contributed by atoms with Gasteiger partial charge in [0.1, 0.15) is 13.1 Å². The lowest BCUT2D eigenvalue weighted by molar-refractivity contribution is -0.909. The maximum absolute atomic E-state index is 2.59. The van der Waals surface area contributed by atoms with E-state index in [2.05, 4.69) is 64.6 Å². The molecule has 0 spiro atoms. The number of likely N-dealkylation sites (tertiary alicyclic amines) is 1. The van der Waals surface area contributed by atoms with Crippen molar-refractivity contribution in [2.75, 3.05) is 41.3 Å². The molecule has 0 radical (unpaired) electrons. The molecule has 1 fully saturated rings. The van der Waals surface area contributed by atoms with Crippen molar-refractivity contribution < 1.29 is 8.97 Å². The molecule has 18 rings (SSSR count). The van der Waals surface area contributed by atoms with Crippen molar-refractivity contribution in [2.24, 2.45) is 0 Å². The molecule has 2 heterocycles. The Kier molecular flexibility index (Phi) is 2.60. The summed E-state index contributed by atoms with van der Waals surface area (Å²) >= 11 is 0. The highest BCUT2D eigenvalue weighted by atomic mass is 15.3. The van der Waals surface area contributed by atoms with Crippen LogP contribution < -0.4 is 0 Å². The van der Waals surface area contributed by atoms with E-state index in [0.717, 1.165) is 22.1 Å². The molecule has 2 unspecified atom stereocenters. The Balaban J connectivity index is 1.36. The van der Waals surface area contributed by atoms with Crippen molar-refractivity contribution in [3.05, 3.63) is 58.7 Å². The lowest BCUT2D eigenvalue weighted by atomic mass is 9.76. The van der Waals surface area contributed by atoms with Gasteiger partial charge in [0.15, 0.2) is 0 Å². The molecular formula is C48H28N2+2. The molecule has 3 aliphatic rings. The molecular weight excluding hydrogens is 605 g/mol. The van der Waals surface area contributed by atoms with Gasteiger partial charge >= 0.3 is 0 Å². The number of likely N-dealkylation sites (N-methyl/N-ethyl adjacent to an activating group) is 1. The predicted octanol–water partition coefficient (Wildman–Crippen LogP) is 11.4. The fourth-order valence-corrected chi connectivity index (χ4v) is 15.4. The van der Waals surface area contributed by atoms with Gasteiger partial charge < -0.3 is 8.97 Å². The average molecular weight is 633 g/mol. The molecule has 0 saturated carbocycles. The van der Waals surface area contributed by atoms with Gasteiger partial charge in [-0.15, -0.1) is 0 Å². The predicted molar refractivity (Wildman–Crippen MR) is 213 cm³/mol. The number of rotatable bonds is 0. The molecule has 2 nitrogen and oxygen atoms in total. The summed E-state index contributed by atoms with van der Waals surface area (Å²) in [6.45, 7) is 4.74. The fourth-order valence-electron chi connectivity index (χ4n) is 15.4. The minimum absolute atomic E-state index is 0.564. The Hall–Kier alpha value is -5.02. The zero-order valence-corrected chi connectivity index (χ0v) is 28.3. The summed E-state index contributed by atoms with van der Waals surface area (Å²) in [6, 6.07) is 15.3. The van der Waals surface area contributed by atoms with Crippen LogP contribution in [0.1, 0.15) is 34.1 Å². The highest BCUT2D eigenvalue weighted by molar-refractivity contribution is 6.69. The van der Waals surface area contributed by atoms with Gasteiger partial charge in [0.25, 0.3) is 0 Å². The number of nitrogens with zero attached hydrogens (tertiary/aromatic N) is 2. The molecule has 0 amide bonds. The van der Waals surface area contributed by atoms with Crippen LogP contribution in [0.4, 0.5) is 0 Å². The maximum atomic E-state index is 2.59. The maximum Gasteiger partial charge on any atom is 0.105 e.